The molecule has 2 heterocycles. The predicted molar refractivity (Wildman–Crippen MR) is 77.7 cm³/mol. The van der Waals surface area contributed by atoms with Crippen molar-refractivity contribution in [1.29, 1.82) is 0 Å². The van der Waals surface area contributed by atoms with Crippen LogP contribution in [0.4, 0.5) is 0 Å². The monoisotopic (exact) mass is 294 g/mol. The summed E-state index contributed by atoms with van der Waals surface area (Å²) in [5.41, 5.74) is 1.06. The van der Waals surface area contributed by atoms with E-state index < -0.39 is 5.97 Å². The van der Waals surface area contributed by atoms with Crippen LogP contribution in [-0.2, 0) is 19.9 Å². The Bertz CT molecular complexity index is 589. The third-order valence-corrected chi connectivity index (χ3v) is 4.14. The van der Waals surface area contributed by atoms with E-state index in [2.05, 4.69) is 12.0 Å². The first-order valence-electron chi connectivity index (χ1n) is 6.57. The molecule has 5 nitrogen and oxygen atoms in total. The van der Waals surface area contributed by atoms with Crippen molar-refractivity contribution in [2.24, 2.45) is 7.05 Å². The molecule has 0 fully saturated rings. The number of aromatic carboxylic acids is 1. The first-order valence-corrected chi connectivity index (χ1v) is 7.39. The van der Waals surface area contributed by atoms with E-state index in [1.807, 2.05) is 19.2 Å². The van der Waals surface area contributed by atoms with Gasteiger partial charge in [0, 0.05) is 30.2 Å². The molecule has 0 unspecified atom stereocenters. The van der Waals surface area contributed by atoms with Gasteiger partial charge in [0.15, 0.2) is 4.88 Å². The maximum absolute atomic E-state index is 11.2. The lowest BCUT2D eigenvalue weighted by Gasteiger charge is -2.05. The number of hydrogen-bond acceptors (Lipinski definition) is 4. The fraction of sp³-hybridized carbons (Fsp3) is 0.429. The zero-order valence-electron chi connectivity index (χ0n) is 11.6. The van der Waals surface area contributed by atoms with Gasteiger partial charge in [-0.3, -0.25) is 4.68 Å². The van der Waals surface area contributed by atoms with Crippen molar-refractivity contribution in [2.75, 3.05) is 6.61 Å². The lowest BCUT2D eigenvalue weighted by molar-refractivity contribution is 0.0698. The summed E-state index contributed by atoms with van der Waals surface area (Å²) in [7, 11) is 1.88. The maximum Gasteiger partial charge on any atom is 0.349 e. The van der Waals surface area contributed by atoms with Crippen molar-refractivity contribution in [3.8, 4) is 5.75 Å². The van der Waals surface area contributed by atoms with Gasteiger partial charge in [-0.25, -0.2) is 4.79 Å². The van der Waals surface area contributed by atoms with Crippen molar-refractivity contribution >= 4 is 17.3 Å². The lowest BCUT2D eigenvalue weighted by atomic mass is 10.3. The van der Waals surface area contributed by atoms with Crippen LogP contribution in [0, 0.1) is 0 Å². The van der Waals surface area contributed by atoms with Crippen molar-refractivity contribution in [3.63, 3.8) is 0 Å². The van der Waals surface area contributed by atoms with Crippen molar-refractivity contribution < 1.29 is 14.6 Å². The highest BCUT2D eigenvalue weighted by molar-refractivity contribution is 7.14. The van der Waals surface area contributed by atoms with E-state index in [9.17, 15) is 9.90 Å². The molecule has 0 aliphatic carbocycles. The quantitative estimate of drug-likeness (QED) is 0.853. The van der Waals surface area contributed by atoms with Crippen LogP contribution in [0.3, 0.4) is 0 Å². The van der Waals surface area contributed by atoms with E-state index >= 15 is 0 Å². The Morgan fingerprint density at radius 2 is 2.30 bits per heavy atom. The van der Waals surface area contributed by atoms with Gasteiger partial charge in [0.05, 0.1) is 6.61 Å². The predicted octanol–water partition coefficient (Wildman–Crippen LogP) is 2.75. The van der Waals surface area contributed by atoms with Crippen LogP contribution in [0.5, 0.6) is 5.75 Å². The Balaban J connectivity index is 2.01. The zero-order valence-corrected chi connectivity index (χ0v) is 12.4. The molecule has 2 rings (SSSR count). The molecule has 0 aliphatic rings. The van der Waals surface area contributed by atoms with Crippen LogP contribution in [0.2, 0.25) is 0 Å². The molecule has 108 valence electrons. The maximum atomic E-state index is 11.2. The fourth-order valence-corrected chi connectivity index (χ4v) is 3.00. The Labute approximate surface area is 121 Å². The summed E-state index contributed by atoms with van der Waals surface area (Å²) in [4.78, 5) is 12.5. The lowest BCUT2D eigenvalue weighted by Crippen LogP contribution is -2.07. The molecule has 0 saturated heterocycles. The molecule has 0 bridgehead atoms. The third-order valence-electron chi connectivity index (χ3n) is 2.98. The number of carboxylic acid groups (broad SMARTS) is 1. The number of rotatable bonds is 7. The summed E-state index contributed by atoms with van der Waals surface area (Å²) < 4.78 is 7.43. The number of hydrogen-bond donors (Lipinski definition) is 1. The summed E-state index contributed by atoms with van der Waals surface area (Å²) in [6, 6.07) is 3.78. The van der Waals surface area contributed by atoms with Crippen LogP contribution in [0.25, 0.3) is 0 Å². The molecule has 0 radical (unpaired) electrons. The second-order valence-corrected chi connectivity index (χ2v) is 5.64. The molecule has 0 aromatic carbocycles. The van der Waals surface area contributed by atoms with Crippen LogP contribution in [0.15, 0.2) is 18.3 Å². The van der Waals surface area contributed by atoms with Crippen LogP contribution >= 0.6 is 11.3 Å². The number of aromatic nitrogens is 2. The second kappa shape index (κ2) is 6.56. The highest BCUT2D eigenvalue weighted by Gasteiger charge is 2.16. The summed E-state index contributed by atoms with van der Waals surface area (Å²) in [5.74, 6) is -0.444. The van der Waals surface area contributed by atoms with E-state index in [-0.39, 0.29) is 0 Å². The highest BCUT2D eigenvalue weighted by atomic mass is 32.1. The largest absolute Gasteiger partial charge is 0.491 e. The molecule has 0 spiro atoms. The zero-order chi connectivity index (χ0) is 14.5. The standard InChI is InChI=1S/C14H18N2O3S/c1-3-4-11-9-12(13(20-11)14(17)18)19-8-6-10-5-7-15-16(10)2/h5,7,9H,3-4,6,8H2,1-2H3,(H,17,18). The fourth-order valence-electron chi connectivity index (χ4n) is 1.96. The van der Waals surface area contributed by atoms with E-state index in [0.717, 1.165) is 23.4 Å². The van der Waals surface area contributed by atoms with Gasteiger partial charge in [-0.15, -0.1) is 11.3 Å². The summed E-state index contributed by atoms with van der Waals surface area (Å²) in [6.07, 6.45) is 4.32. The van der Waals surface area contributed by atoms with Crippen molar-refractivity contribution in [2.45, 2.75) is 26.2 Å². The highest BCUT2D eigenvalue weighted by Crippen LogP contribution is 2.30. The molecule has 0 atom stereocenters. The number of nitrogens with zero attached hydrogens (tertiary/aromatic N) is 2. The number of ether oxygens (including phenoxy) is 1. The Morgan fingerprint density at radius 3 is 2.90 bits per heavy atom. The minimum atomic E-state index is -0.923. The Hall–Kier alpha value is -1.82. The number of carboxylic acids is 1. The van der Waals surface area contributed by atoms with Gasteiger partial charge >= 0.3 is 5.97 Å². The SMILES string of the molecule is CCCc1cc(OCCc2ccnn2C)c(C(=O)O)s1. The topological polar surface area (TPSA) is 64.4 Å². The van der Waals surface area contributed by atoms with Gasteiger partial charge in [0.25, 0.3) is 0 Å². The first-order chi connectivity index (χ1) is 9.61. The molecule has 2 aromatic heterocycles. The second-order valence-electron chi connectivity index (χ2n) is 4.51. The van der Waals surface area contributed by atoms with Gasteiger partial charge in [-0.1, -0.05) is 13.3 Å². The minimum absolute atomic E-state index is 0.290. The van der Waals surface area contributed by atoms with Crippen molar-refractivity contribution in [3.05, 3.63) is 33.8 Å². The van der Waals surface area contributed by atoms with E-state index in [4.69, 9.17) is 4.74 Å². The number of aryl methyl sites for hydroxylation is 2. The smallest absolute Gasteiger partial charge is 0.349 e. The normalized spacial score (nSPS) is 10.7. The van der Waals surface area contributed by atoms with E-state index in [1.165, 1.54) is 11.3 Å². The molecule has 0 amide bonds. The average molecular weight is 294 g/mol. The molecule has 0 aliphatic heterocycles. The Morgan fingerprint density at radius 1 is 1.50 bits per heavy atom. The number of thiophene rings is 1. The molecule has 20 heavy (non-hydrogen) atoms. The summed E-state index contributed by atoms with van der Waals surface area (Å²) in [6.45, 7) is 2.52. The summed E-state index contributed by atoms with van der Waals surface area (Å²) in [5, 5.41) is 13.3. The number of carbonyl (C=O) groups is 1. The molecular formula is C14H18N2O3S. The van der Waals surface area contributed by atoms with Gasteiger partial charge in [-0.2, -0.15) is 5.10 Å². The van der Waals surface area contributed by atoms with E-state index in [1.54, 1.807) is 10.9 Å². The van der Waals surface area contributed by atoms with Crippen molar-refractivity contribution in [1.82, 2.24) is 9.78 Å². The van der Waals surface area contributed by atoms with Gasteiger partial charge < -0.3 is 9.84 Å². The Kier molecular flexibility index (Phi) is 4.79. The molecule has 0 saturated carbocycles. The molecule has 2 aromatic rings. The molecule has 6 heteroatoms. The van der Waals surface area contributed by atoms with Crippen LogP contribution in [0.1, 0.15) is 33.6 Å². The van der Waals surface area contributed by atoms with Crippen LogP contribution in [-0.4, -0.2) is 27.5 Å². The van der Waals surface area contributed by atoms with Gasteiger partial charge in [0.1, 0.15) is 5.75 Å². The molecular weight excluding hydrogens is 276 g/mol. The van der Waals surface area contributed by atoms with E-state index in [0.29, 0.717) is 23.7 Å². The third kappa shape index (κ3) is 3.39. The van der Waals surface area contributed by atoms with Gasteiger partial charge in [-0.05, 0) is 18.6 Å². The minimum Gasteiger partial charge on any atom is -0.491 e. The average Bonchev–Trinajstić information content (AvgIpc) is 2.98. The first kappa shape index (κ1) is 14.6. The van der Waals surface area contributed by atoms with Crippen LogP contribution < -0.4 is 4.74 Å². The summed E-state index contributed by atoms with van der Waals surface area (Å²) >= 11 is 1.30. The van der Waals surface area contributed by atoms with Gasteiger partial charge in [0.2, 0.25) is 0 Å². The molecule has 1 N–H and O–H groups in total.